The Morgan fingerprint density at radius 1 is 1.23 bits per heavy atom. The summed E-state index contributed by atoms with van der Waals surface area (Å²) in [6, 6.07) is 0. The third-order valence-electron chi connectivity index (χ3n) is 7.94. The van der Waals surface area contributed by atoms with Gasteiger partial charge in [0.1, 0.15) is 12.2 Å². The average Bonchev–Trinajstić information content (AvgIpc) is 3.30. The lowest BCUT2D eigenvalue weighted by molar-refractivity contribution is -0.178. The number of carbonyl (C=O) groups is 2. The number of carbonyl (C=O) groups excluding carboxylic acids is 2. The Bertz CT molecular complexity index is 604. The Morgan fingerprint density at radius 2 is 2.06 bits per heavy atom. The van der Waals surface area contributed by atoms with E-state index in [0.29, 0.717) is 30.7 Å². The van der Waals surface area contributed by atoms with Crippen LogP contribution in [0.3, 0.4) is 0 Å². The molecule has 4 fully saturated rings. The third-order valence-corrected chi connectivity index (χ3v) is 7.94. The van der Waals surface area contributed by atoms with Crippen LogP contribution < -0.4 is 10.6 Å². The first-order valence-corrected chi connectivity index (χ1v) is 12.7. The molecule has 31 heavy (non-hydrogen) atoms. The molecular weight excluding hydrogens is 394 g/mol. The van der Waals surface area contributed by atoms with E-state index in [4.69, 9.17) is 9.47 Å². The molecule has 2 aliphatic carbocycles. The summed E-state index contributed by atoms with van der Waals surface area (Å²) in [5.41, 5.74) is 0. The van der Waals surface area contributed by atoms with Gasteiger partial charge in [-0.05, 0) is 43.9 Å². The minimum absolute atomic E-state index is 0.00409. The molecule has 5 atom stereocenters. The van der Waals surface area contributed by atoms with Crippen LogP contribution in [0, 0.1) is 17.8 Å². The van der Waals surface area contributed by atoms with Crippen molar-refractivity contribution in [3.05, 3.63) is 0 Å². The van der Waals surface area contributed by atoms with E-state index in [0.717, 1.165) is 52.0 Å². The Hall–Kier alpha value is -1.18. The standard InChI is InChI=1S/C24H41N3O4/c1-17(24(29)26-10-5-12-27-13-11-25-16-27)30-19-8-9-20-21(18-6-3-2-4-7-18)15-23(28)31-22(20)14-19/h17-22,25H,2-16H2,1H3,(H,26,29). The quantitative estimate of drug-likeness (QED) is 0.450. The molecule has 1 amide bonds. The molecule has 2 N–H and O–H groups in total. The van der Waals surface area contributed by atoms with E-state index in [1.807, 2.05) is 6.92 Å². The van der Waals surface area contributed by atoms with Crippen LogP contribution in [0.25, 0.3) is 0 Å². The molecule has 0 radical (unpaired) electrons. The SMILES string of the molecule is CC(OC1CCC2C(C1)OC(=O)CC2C1CCCCC1)C(=O)NCCCN1CCNC1. The number of esters is 1. The lowest BCUT2D eigenvalue weighted by Gasteiger charge is -2.46. The van der Waals surface area contributed by atoms with E-state index in [1.54, 1.807) is 0 Å². The number of nitrogens with one attached hydrogen (secondary N) is 2. The maximum Gasteiger partial charge on any atom is 0.306 e. The lowest BCUT2D eigenvalue weighted by atomic mass is 9.66. The summed E-state index contributed by atoms with van der Waals surface area (Å²) >= 11 is 0. The Labute approximate surface area is 187 Å². The van der Waals surface area contributed by atoms with Crippen molar-refractivity contribution in [2.45, 2.75) is 89.4 Å². The number of ether oxygens (including phenoxy) is 2. The van der Waals surface area contributed by atoms with E-state index >= 15 is 0 Å². The van der Waals surface area contributed by atoms with Crippen LogP contribution in [0.5, 0.6) is 0 Å². The van der Waals surface area contributed by atoms with Crippen molar-refractivity contribution >= 4 is 11.9 Å². The number of amides is 1. The van der Waals surface area contributed by atoms with Gasteiger partial charge in [-0.1, -0.05) is 32.1 Å². The second-order valence-electron chi connectivity index (χ2n) is 10.1. The molecule has 2 saturated carbocycles. The third kappa shape index (κ3) is 6.20. The molecule has 4 rings (SSSR count). The fourth-order valence-electron chi connectivity index (χ4n) is 6.26. The molecule has 5 unspecified atom stereocenters. The summed E-state index contributed by atoms with van der Waals surface area (Å²) in [4.78, 5) is 27.1. The van der Waals surface area contributed by atoms with Crippen molar-refractivity contribution in [2.75, 3.05) is 32.8 Å². The first-order valence-electron chi connectivity index (χ1n) is 12.7. The number of hydrogen-bond donors (Lipinski definition) is 2. The molecule has 0 aromatic carbocycles. The van der Waals surface area contributed by atoms with Gasteiger partial charge < -0.3 is 20.1 Å². The van der Waals surface area contributed by atoms with Gasteiger partial charge >= 0.3 is 5.97 Å². The summed E-state index contributed by atoms with van der Waals surface area (Å²) in [5.74, 6) is 1.58. The molecule has 0 bridgehead atoms. The summed E-state index contributed by atoms with van der Waals surface area (Å²) < 4.78 is 11.9. The van der Waals surface area contributed by atoms with Gasteiger partial charge in [-0.2, -0.15) is 0 Å². The van der Waals surface area contributed by atoms with Gasteiger partial charge in [0.25, 0.3) is 0 Å². The van der Waals surface area contributed by atoms with Crippen molar-refractivity contribution in [1.82, 2.24) is 15.5 Å². The number of hydrogen-bond acceptors (Lipinski definition) is 6. The average molecular weight is 436 g/mol. The second kappa shape index (κ2) is 11.1. The zero-order valence-corrected chi connectivity index (χ0v) is 19.2. The van der Waals surface area contributed by atoms with Crippen LogP contribution >= 0.6 is 0 Å². The van der Waals surface area contributed by atoms with Crippen molar-refractivity contribution in [1.29, 1.82) is 0 Å². The van der Waals surface area contributed by atoms with Gasteiger partial charge in [-0.15, -0.1) is 0 Å². The van der Waals surface area contributed by atoms with Gasteiger partial charge in [0, 0.05) is 45.7 Å². The monoisotopic (exact) mass is 435 g/mol. The van der Waals surface area contributed by atoms with E-state index in [2.05, 4.69) is 15.5 Å². The molecule has 7 nitrogen and oxygen atoms in total. The van der Waals surface area contributed by atoms with Crippen molar-refractivity contribution in [2.24, 2.45) is 17.8 Å². The highest BCUT2D eigenvalue weighted by Crippen LogP contribution is 2.45. The predicted octanol–water partition coefficient (Wildman–Crippen LogP) is 2.44. The first kappa shape index (κ1) is 23.0. The van der Waals surface area contributed by atoms with Crippen molar-refractivity contribution < 1.29 is 19.1 Å². The summed E-state index contributed by atoms with van der Waals surface area (Å²) in [6.45, 7) is 6.61. The van der Waals surface area contributed by atoms with Gasteiger partial charge in [0.2, 0.25) is 5.91 Å². The van der Waals surface area contributed by atoms with Gasteiger partial charge in [-0.25, -0.2) is 0 Å². The van der Waals surface area contributed by atoms with Crippen LogP contribution in [0.2, 0.25) is 0 Å². The van der Waals surface area contributed by atoms with E-state index < -0.39 is 6.10 Å². The fourth-order valence-corrected chi connectivity index (χ4v) is 6.26. The van der Waals surface area contributed by atoms with E-state index in [1.165, 1.54) is 32.1 Å². The predicted molar refractivity (Wildman–Crippen MR) is 118 cm³/mol. The molecule has 176 valence electrons. The second-order valence-corrected chi connectivity index (χ2v) is 10.1. The van der Waals surface area contributed by atoms with E-state index in [9.17, 15) is 9.59 Å². The first-order chi connectivity index (χ1) is 15.1. The van der Waals surface area contributed by atoms with Crippen LogP contribution in [0.4, 0.5) is 0 Å². The summed E-state index contributed by atoms with van der Waals surface area (Å²) in [6.07, 6.45) is 10.3. The van der Waals surface area contributed by atoms with Gasteiger partial charge in [0.05, 0.1) is 6.10 Å². The van der Waals surface area contributed by atoms with Gasteiger partial charge in [-0.3, -0.25) is 14.5 Å². The topological polar surface area (TPSA) is 79.9 Å². The molecule has 2 heterocycles. The maximum atomic E-state index is 12.5. The molecule has 7 heteroatoms. The molecule has 2 saturated heterocycles. The van der Waals surface area contributed by atoms with Gasteiger partial charge in [0.15, 0.2) is 0 Å². The molecule has 4 aliphatic rings. The van der Waals surface area contributed by atoms with Crippen LogP contribution in [0.1, 0.15) is 71.1 Å². The molecular formula is C24H41N3O4. The highest BCUT2D eigenvalue weighted by atomic mass is 16.5. The largest absolute Gasteiger partial charge is 0.462 e. The summed E-state index contributed by atoms with van der Waals surface area (Å²) in [7, 11) is 0. The molecule has 0 spiro atoms. The van der Waals surface area contributed by atoms with Crippen LogP contribution in [-0.4, -0.2) is 67.9 Å². The Morgan fingerprint density at radius 3 is 2.84 bits per heavy atom. The van der Waals surface area contributed by atoms with Crippen molar-refractivity contribution in [3.8, 4) is 0 Å². The highest BCUT2D eigenvalue weighted by molar-refractivity contribution is 5.80. The minimum Gasteiger partial charge on any atom is -0.462 e. The fraction of sp³-hybridized carbons (Fsp3) is 0.917. The van der Waals surface area contributed by atoms with E-state index in [-0.39, 0.29) is 24.1 Å². The highest BCUT2D eigenvalue weighted by Gasteiger charge is 2.45. The Kier molecular flexibility index (Phi) is 8.24. The van der Waals surface area contributed by atoms with Crippen molar-refractivity contribution in [3.63, 3.8) is 0 Å². The van der Waals surface area contributed by atoms with Crippen LogP contribution in [0.15, 0.2) is 0 Å². The Balaban J connectivity index is 1.20. The summed E-state index contributed by atoms with van der Waals surface area (Å²) in [5, 5.41) is 6.33. The molecule has 2 aliphatic heterocycles. The normalized spacial score (nSPS) is 33.5. The number of rotatable bonds is 8. The van der Waals surface area contributed by atoms with Crippen LogP contribution in [-0.2, 0) is 19.1 Å². The molecule has 0 aromatic heterocycles. The maximum absolute atomic E-state index is 12.5. The zero-order valence-electron chi connectivity index (χ0n) is 19.2. The zero-order chi connectivity index (χ0) is 21.6. The smallest absolute Gasteiger partial charge is 0.306 e. The lowest BCUT2D eigenvalue weighted by Crippen LogP contribution is -2.48. The molecule has 0 aromatic rings. The minimum atomic E-state index is -0.469. The number of fused-ring (bicyclic) bond motifs is 1. The number of nitrogens with zero attached hydrogens (tertiary/aromatic N) is 1.